The Morgan fingerprint density at radius 1 is 1.50 bits per heavy atom. The lowest BCUT2D eigenvalue weighted by molar-refractivity contribution is 0.445. The third-order valence-electron chi connectivity index (χ3n) is 3.30. The first-order chi connectivity index (χ1) is 7.72. The predicted octanol–water partition coefficient (Wildman–Crippen LogP) is 2.52. The zero-order chi connectivity index (χ0) is 11.5. The minimum Gasteiger partial charge on any atom is -0.371 e. The van der Waals surface area contributed by atoms with Crippen molar-refractivity contribution in [3.63, 3.8) is 0 Å². The van der Waals surface area contributed by atoms with Crippen LogP contribution in [0.1, 0.15) is 25.3 Å². The van der Waals surface area contributed by atoms with Crippen LogP contribution in [0.3, 0.4) is 0 Å². The van der Waals surface area contributed by atoms with Gasteiger partial charge in [-0.15, -0.1) is 0 Å². The predicted molar refractivity (Wildman–Crippen MR) is 64.9 cm³/mol. The maximum atomic E-state index is 13.6. The van der Waals surface area contributed by atoms with Crippen LogP contribution in [-0.2, 0) is 6.54 Å². The zero-order valence-electron chi connectivity index (χ0n) is 9.75. The summed E-state index contributed by atoms with van der Waals surface area (Å²) in [7, 11) is 0. The van der Waals surface area contributed by atoms with Crippen LogP contribution in [0.4, 0.5) is 10.1 Å². The van der Waals surface area contributed by atoms with E-state index in [9.17, 15) is 4.39 Å². The maximum absolute atomic E-state index is 13.6. The van der Waals surface area contributed by atoms with Crippen molar-refractivity contribution >= 4 is 5.69 Å². The van der Waals surface area contributed by atoms with Crippen molar-refractivity contribution in [2.24, 2.45) is 11.7 Å². The van der Waals surface area contributed by atoms with Gasteiger partial charge in [-0.1, -0.05) is 13.0 Å². The van der Waals surface area contributed by atoms with Crippen molar-refractivity contribution in [1.82, 2.24) is 0 Å². The Bertz CT molecular complexity index is 365. The molecule has 3 heteroatoms. The van der Waals surface area contributed by atoms with E-state index in [1.165, 1.54) is 18.9 Å². The molecule has 16 heavy (non-hydrogen) atoms. The van der Waals surface area contributed by atoms with E-state index in [0.29, 0.717) is 11.5 Å². The fourth-order valence-corrected chi connectivity index (χ4v) is 2.45. The number of halogens is 1. The second kappa shape index (κ2) is 4.83. The first kappa shape index (κ1) is 11.4. The van der Waals surface area contributed by atoms with Crippen molar-refractivity contribution in [3.05, 3.63) is 29.6 Å². The molecule has 0 amide bonds. The summed E-state index contributed by atoms with van der Waals surface area (Å²) < 4.78 is 13.6. The van der Waals surface area contributed by atoms with Gasteiger partial charge in [0.25, 0.3) is 0 Å². The second-order valence-electron chi connectivity index (χ2n) is 4.64. The monoisotopic (exact) mass is 222 g/mol. The largest absolute Gasteiger partial charge is 0.371 e. The molecule has 2 rings (SSSR count). The van der Waals surface area contributed by atoms with E-state index in [-0.39, 0.29) is 12.4 Å². The lowest BCUT2D eigenvalue weighted by Gasteiger charge is -2.34. The minimum atomic E-state index is -0.182. The van der Waals surface area contributed by atoms with Gasteiger partial charge in [0, 0.05) is 30.9 Å². The van der Waals surface area contributed by atoms with Gasteiger partial charge < -0.3 is 10.6 Å². The van der Waals surface area contributed by atoms with Gasteiger partial charge in [0.2, 0.25) is 0 Å². The number of benzene rings is 1. The number of rotatable bonds is 2. The van der Waals surface area contributed by atoms with Gasteiger partial charge in [-0.25, -0.2) is 4.39 Å². The normalized spacial score (nSPS) is 21.2. The van der Waals surface area contributed by atoms with E-state index in [0.717, 1.165) is 18.8 Å². The Balaban J connectivity index is 2.28. The molecule has 0 saturated carbocycles. The highest BCUT2D eigenvalue weighted by Gasteiger charge is 2.19. The summed E-state index contributed by atoms with van der Waals surface area (Å²) >= 11 is 0. The van der Waals surface area contributed by atoms with Crippen LogP contribution in [0.2, 0.25) is 0 Å². The van der Waals surface area contributed by atoms with Crippen molar-refractivity contribution < 1.29 is 4.39 Å². The first-order valence-electron chi connectivity index (χ1n) is 5.94. The highest BCUT2D eigenvalue weighted by Crippen LogP contribution is 2.27. The molecule has 2 N–H and O–H groups in total. The van der Waals surface area contributed by atoms with Crippen molar-refractivity contribution in [2.45, 2.75) is 26.3 Å². The van der Waals surface area contributed by atoms with Gasteiger partial charge in [-0.05, 0) is 30.9 Å². The van der Waals surface area contributed by atoms with E-state index in [1.54, 1.807) is 6.07 Å². The summed E-state index contributed by atoms with van der Waals surface area (Å²) in [5.41, 5.74) is 7.26. The molecular weight excluding hydrogens is 203 g/mol. The summed E-state index contributed by atoms with van der Waals surface area (Å²) in [4.78, 5) is 2.26. The molecule has 1 aliphatic rings. The van der Waals surface area contributed by atoms with Gasteiger partial charge in [-0.2, -0.15) is 0 Å². The molecule has 0 aliphatic carbocycles. The average Bonchev–Trinajstić information content (AvgIpc) is 2.28. The van der Waals surface area contributed by atoms with Gasteiger partial charge in [-0.3, -0.25) is 0 Å². The van der Waals surface area contributed by atoms with E-state index in [1.807, 2.05) is 6.07 Å². The van der Waals surface area contributed by atoms with Gasteiger partial charge in [0.05, 0.1) is 0 Å². The third-order valence-corrected chi connectivity index (χ3v) is 3.30. The molecule has 0 bridgehead atoms. The third kappa shape index (κ3) is 2.19. The average molecular weight is 222 g/mol. The van der Waals surface area contributed by atoms with Crippen LogP contribution in [0.5, 0.6) is 0 Å². The molecular formula is C13H19FN2. The summed E-state index contributed by atoms with van der Waals surface area (Å²) in [6.07, 6.45) is 2.45. The summed E-state index contributed by atoms with van der Waals surface area (Å²) in [5, 5.41) is 0. The molecule has 1 heterocycles. The standard InChI is InChI=1S/C13H19FN2/c1-10-4-3-7-16(9-10)13-6-2-5-12(14)11(13)8-15/h2,5-6,10H,3-4,7-9,15H2,1H3. The van der Waals surface area contributed by atoms with Crippen LogP contribution in [0, 0.1) is 11.7 Å². The number of nitrogens with two attached hydrogens (primary N) is 1. The fraction of sp³-hybridized carbons (Fsp3) is 0.538. The van der Waals surface area contributed by atoms with Crippen LogP contribution >= 0.6 is 0 Å². The Hall–Kier alpha value is -1.09. The molecule has 1 atom stereocenters. The molecule has 2 nitrogen and oxygen atoms in total. The molecule has 0 spiro atoms. The lowest BCUT2D eigenvalue weighted by Crippen LogP contribution is -2.35. The molecule has 1 aromatic carbocycles. The maximum Gasteiger partial charge on any atom is 0.129 e. The van der Waals surface area contributed by atoms with E-state index in [2.05, 4.69) is 11.8 Å². The smallest absolute Gasteiger partial charge is 0.129 e. The highest BCUT2D eigenvalue weighted by molar-refractivity contribution is 5.54. The van der Waals surface area contributed by atoms with Crippen molar-refractivity contribution in [3.8, 4) is 0 Å². The first-order valence-corrected chi connectivity index (χ1v) is 5.94. The highest BCUT2D eigenvalue weighted by atomic mass is 19.1. The molecule has 1 fully saturated rings. The van der Waals surface area contributed by atoms with Crippen LogP contribution in [0.25, 0.3) is 0 Å². The Kier molecular flexibility index (Phi) is 3.44. The van der Waals surface area contributed by atoms with Crippen LogP contribution in [0.15, 0.2) is 18.2 Å². The molecule has 1 aliphatic heterocycles. The molecule has 0 aromatic heterocycles. The van der Waals surface area contributed by atoms with E-state index >= 15 is 0 Å². The molecule has 1 unspecified atom stereocenters. The van der Waals surface area contributed by atoms with Crippen molar-refractivity contribution in [1.29, 1.82) is 0 Å². The topological polar surface area (TPSA) is 29.3 Å². The number of nitrogens with zero attached hydrogens (tertiary/aromatic N) is 1. The second-order valence-corrected chi connectivity index (χ2v) is 4.64. The van der Waals surface area contributed by atoms with E-state index in [4.69, 9.17) is 5.73 Å². The lowest BCUT2D eigenvalue weighted by atomic mass is 9.98. The van der Waals surface area contributed by atoms with Crippen molar-refractivity contribution in [2.75, 3.05) is 18.0 Å². The summed E-state index contributed by atoms with van der Waals surface area (Å²) in [5.74, 6) is 0.501. The van der Waals surface area contributed by atoms with Gasteiger partial charge in [0.1, 0.15) is 5.82 Å². The number of piperidine rings is 1. The molecule has 1 aromatic rings. The Labute approximate surface area is 96.2 Å². The number of hydrogen-bond acceptors (Lipinski definition) is 2. The van der Waals surface area contributed by atoms with E-state index < -0.39 is 0 Å². The zero-order valence-corrected chi connectivity index (χ0v) is 9.75. The van der Waals surface area contributed by atoms with Gasteiger partial charge >= 0.3 is 0 Å². The molecule has 1 saturated heterocycles. The summed E-state index contributed by atoms with van der Waals surface area (Å²) in [6, 6.07) is 5.23. The number of anilines is 1. The molecule has 88 valence electrons. The van der Waals surface area contributed by atoms with Crippen LogP contribution in [-0.4, -0.2) is 13.1 Å². The quantitative estimate of drug-likeness (QED) is 0.833. The summed E-state index contributed by atoms with van der Waals surface area (Å²) in [6.45, 7) is 4.54. The minimum absolute atomic E-state index is 0.182. The Morgan fingerprint density at radius 2 is 2.31 bits per heavy atom. The van der Waals surface area contributed by atoms with Crippen LogP contribution < -0.4 is 10.6 Å². The number of hydrogen-bond donors (Lipinski definition) is 1. The Morgan fingerprint density at radius 3 is 3.00 bits per heavy atom. The molecule has 0 radical (unpaired) electrons. The fourth-order valence-electron chi connectivity index (χ4n) is 2.45. The van der Waals surface area contributed by atoms with Gasteiger partial charge in [0.15, 0.2) is 0 Å². The SMILES string of the molecule is CC1CCCN(c2cccc(F)c2CN)C1.